The molecule has 0 spiro atoms. The lowest BCUT2D eigenvalue weighted by Gasteiger charge is -2.08. The minimum absolute atomic E-state index is 0.00224. The first kappa shape index (κ1) is 12.3. The first-order valence-electron chi connectivity index (χ1n) is 4.86. The molecule has 0 fully saturated rings. The summed E-state index contributed by atoms with van der Waals surface area (Å²) >= 11 is 0. The maximum absolute atomic E-state index is 13.3. The van der Waals surface area contributed by atoms with Crippen LogP contribution in [0.1, 0.15) is 6.42 Å². The van der Waals surface area contributed by atoms with E-state index in [1.54, 1.807) is 19.2 Å². The summed E-state index contributed by atoms with van der Waals surface area (Å²) < 4.78 is 18.2. The summed E-state index contributed by atoms with van der Waals surface area (Å²) in [7, 11) is 1.62. The lowest BCUT2D eigenvalue weighted by Crippen LogP contribution is -2.04. The topological polar surface area (TPSA) is 70.0 Å². The van der Waals surface area contributed by atoms with Crippen LogP contribution in [0.5, 0.6) is 0 Å². The van der Waals surface area contributed by atoms with Gasteiger partial charge in [0.15, 0.2) is 0 Å². The summed E-state index contributed by atoms with van der Waals surface area (Å²) in [6.45, 7) is 1.25. The third-order valence-corrected chi connectivity index (χ3v) is 1.97. The van der Waals surface area contributed by atoms with E-state index in [-0.39, 0.29) is 5.69 Å². The highest BCUT2D eigenvalue weighted by Gasteiger charge is 2.05. The first-order valence-corrected chi connectivity index (χ1v) is 4.86. The molecule has 0 atom stereocenters. The summed E-state index contributed by atoms with van der Waals surface area (Å²) in [5.41, 5.74) is 8.82. The van der Waals surface area contributed by atoms with Gasteiger partial charge in [0.1, 0.15) is 5.82 Å². The molecule has 0 aliphatic heterocycles. The quantitative estimate of drug-likeness (QED) is 0.349. The van der Waals surface area contributed by atoms with E-state index in [1.165, 1.54) is 6.07 Å². The van der Waals surface area contributed by atoms with Crippen molar-refractivity contribution in [2.45, 2.75) is 6.42 Å². The van der Waals surface area contributed by atoms with Crippen LogP contribution in [0.3, 0.4) is 0 Å². The molecule has 5 nitrogen and oxygen atoms in total. The van der Waals surface area contributed by atoms with Crippen LogP contribution in [0, 0.1) is 5.82 Å². The lowest BCUT2D eigenvalue weighted by molar-refractivity contribution is 0.198. The largest absolute Gasteiger partial charge is 0.385 e. The zero-order valence-corrected chi connectivity index (χ0v) is 8.98. The van der Waals surface area contributed by atoms with Gasteiger partial charge in [-0.15, -0.1) is 0 Å². The molecule has 0 amide bonds. The molecule has 0 aromatic heterocycles. The monoisotopic (exact) mass is 224 g/mol. The van der Waals surface area contributed by atoms with Crippen LogP contribution in [0.2, 0.25) is 0 Å². The van der Waals surface area contributed by atoms with Gasteiger partial charge in [0, 0.05) is 30.9 Å². The third-order valence-electron chi connectivity index (χ3n) is 1.97. The number of ether oxygens (including phenoxy) is 1. The molecule has 16 heavy (non-hydrogen) atoms. The van der Waals surface area contributed by atoms with E-state index in [1.807, 2.05) is 0 Å². The number of anilines is 1. The Morgan fingerprint density at radius 3 is 3.06 bits per heavy atom. The van der Waals surface area contributed by atoms with Gasteiger partial charge in [0.2, 0.25) is 0 Å². The number of rotatable bonds is 6. The van der Waals surface area contributed by atoms with Crippen molar-refractivity contribution in [3.05, 3.63) is 34.5 Å². The predicted octanol–water partition coefficient (Wildman–Crippen LogP) is 3.22. The van der Waals surface area contributed by atoms with Crippen molar-refractivity contribution in [2.75, 3.05) is 25.6 Å². The zero-order chi connectivity index (χ0) is 11.8. The van der Waals surface area contributed by atoms with Crippen molar-refractivity contribution in [3.63, 3.8) is 0 Å². The first-order chi connectivity index (χ1) is 7.79. The highest BCUT2D eigenvalue weighted by atomic mass is 19.1. The van der Waals surface area contributed by atoms with E-state index in [9.17, 15) is 4.39 Å². The molecule has 0 radical (unpaired) electrons. The van der Waals surface area contributed by atoms with Crippen LogP contribution in [-0.4, -0.2) is 20.3 Å². The molecule has 0 bridgehead atoms. The average molecular weight is 224 g/mol. The number of benzene rings is 1. The Hall–Kier alpha value is -1.78. The van der Waals surface area contributed by atoms with Crippen molar-refractivity contribution in [1.29, 1.82) is 0 Å². The number of halogens is 1. The molecule has 0 saturated carbocycles. The average Bonchev–Trinajstić information content (AvgIpc) is 2.29. The van der Waals surface area contributed by atoms with Crippen molar-refractivity contribution < 1.29 is 9.13 Å². The van der Waals surface area contributed by atoms with E-state index < -0.39 is 5.82 Å². The SMILES string of the molecule is COCCCNc1cccc(F)c1N=[N+]=[N-]. The summed E-state index contributed by atoms with van der Waals surface area (Å²) in [5.74, 6) is -0.533. The van der Waals surface area contributed by atoms with Gasteiger partial charge in [0.25, 0.3) is 0 Å². The number of hydrogen-bond donors (Lipinski definition) is 1. The second kappa shape index (κ2) is 6.66. The van der Waals surface area contributed by atoms with Crippen molar-refractivity contribution >= 4 is 11.4 Å². The molecule has 1 aromatic carbocycles. The maximum atomic E-state index is 13.3. The van der Waals surface area contributed by atoms with E-state index in [0.29, 0.717) is 18.8 Å². The zero-order valence-electron chi connectivity index (χ0n) is 8.98. The molecule has 1 aromatic rings. The van der Waals surface area contributed by atoms with Crippen LogP contribution in [0.4, 0.5) is 15.8 Å². The minimum atomic E-state index is -0.533. The van der Waals surface area contributed by atoms with Gasteiger partial charge >= 0.3 is 0 Å². The Morgan fingerprint density at radius 1 is 1.56 bits per heavy atom. The number of hydrogen-bond acceptors (Lipinski definition) is 3. The fourth-order valence-corrected chi connectivity index (χ4v) is 1.24. The van der Waals surface area contributed by atoms with E-state index >= 15 is 0 Å². The Labute approximate surface area is 92.9 Å². The molecular weight excluding hydrogens is 211 g/mol. The molecule has 0 aliphatic rings. The van der Waals surface area contributed by atoms with Crippen LogP contribution >= 0.6 is 0 Å². The Balaban J connectivity index is 2.71. The van der Waals surface area contributed by atoms with Gasteiger partial charge < -0.3 is 10.1 Å². The smallest absolute Gasteiger partial charge is 0.134 e. The Kier molecular flexibility index (Phi) is 5.11. The van der Waals surface area contributed by atoms with Crippen molar-refractivity contribution in [1.82, 2.24) is 0 Å². The summed E-state index contributed by atoms with van der Waals surface area (Å²) in [6.07, 6.45) is 0.794. The van der Waals surface area contributed by atoms with Gasteiger partial charge in [-0.3, -0.25) is 0 Å². The second-order valence-electron chi connectivity index (χ2n) is 3.10. The molecule has 0 unspecified atom stereocenters. The lowest BCUT2D eigenvalue weighted by atomic mass is 10.2. The molecule has 1 N–H and O–H groups in total. The van der Waals surface area contributed by atoms with E-state index in [0.717, 1.165) is 6.42 Å². The van der Waals surface area contributed by atoms with Crippen LogP contribution in [-0.2, 0) is 4.74 Å². The molecule has 1 rings (SSSR count). The molecule has 6 heteroatoms. The van der Waals surface area contributed by atoms with Gasteiger partial charge in [0.05, 0.1) is 5.69 Å². The van der Waals surface area contributed by atoms with Gasteiger partial charge in [-0.2, -0.15) is 0 Å². The third kappa shape index (κ3) is 3.42. The predicted molar refractivity (Wildman–Crippen MR) is 60.2 cm³/mol. The fourth-order valence-electron chi connectivity index (χ4n) is 1.24. The molecule has 0 heterocycles. The number of nitrogens with zero attached hydrogens (tertiary/aromatic N) is 3. The molecular formula is C10H13FN4O. The van der Waals surface area contributed by atoms with Crippen LogP contribution in [0.15, 0.2) is 23.3 Å². The van der Waals surface area contributed by atoms with Gasteiger partial charge in [-0.25, -0.2) is 4.39 Å². The summed E-state index contributed by atoms with van der Waals surface area (Å²) in [5, 5.41) is 6.31. The number of methoxy groups -OCH3 is 1. The van der Waals surface area contributed by atoms with Crippen LogP contribution < -0.4 is 5.32 Å². The molecule has 0 saturated heterocycles. The van der Waals surface area contributed by atoms with Crippen molar-refractivity contribution in [3.8, 4) is 0 Å². The standard InChI is InChI=1S/C10H13FN4O/c1-16-7-3-6-13-9-5-2-4-8(11)10(9)14-15-12/h2,4-5,13H,3,6-7H2,1H3. The highest BCUT2D eigenvalue weighted by molar-refractivity contribution is 5.65. The Bertz CT molecular complexity index is 390. The second-order valence-corrected chi connectivity index (χ2v) is 3.10. The van der Waals surface area contributed by atoms with Gasteiger partial charge in [-0.05, 0) is 24.1 Å². The maximum Gasteiger partial charge on any atom is 0.134 e. The molecule has 86 valence electrons. The summed E-state index contributed by atoms with van der Waals surface area (Å²) in [4.78, 5) is 2.59. The Morgan fingerprint density at radius 2 is 2.38 bits per heavy atom. The van der Waals surface area contributed by atoms with E-state index in [4.69, 9.17) is 10.3 Å². The van der Waals surface area contributed by atoms with Gasteiger partial charge in [-0.1, -0.05) is 11.2 Å². The number of azide groups is 1. The van der Waals surface area contributed by atoms with Crippen molar-refractivity contribution in [2.24, 2.45) is 5.11 Å². The number of nitrogens with one attached hydrogen (secondary N) is 1. The molecule has 0 aliphatic carbocycles. The minimum Gasteiger partial charge on any atom is -0.385 e. The van der Waals surface area contributed by atoms with Crippen LogP contribution in [0.25, 0.3) is 10.4 Å². The fraction of sp³-hybridized carbons (Fsp3) is 0.400. The highest BCUT2D eigenvalue weighted by Crippen LogP contribution is 2.28. The normalized spacial score (nSPS) is 9.62. The van der Waals surface area contributed by atoms with E-state index in [2.05, 4.69) is 15.3 Å². The summed E-state index contributed by atoms with van der Waals surface area (Å²) in [6, 6.07) is 4.48.